The molecule has 1 aliphatic heterocycles. The lowest BCUT2D eigenvalue weighted by Crippen LogP contribution is -2.16. The molecule has 1 aliphatic rings. The van der Waals surface area contributed by atoms with Crippen molar-refractivity contribution in [2.24, 2.45) is 0 Å². The van der Waals surface area contributed by atoms with Gasteiger partial charge in [-0.05, 0) is 24.6 Å². The first kappa shape index (κ1) is 14.7. The summed E-state index contributed by atoms with van der Waals surface area (Å²) in [5.41, 5.74) is 0.725. The molecule has 0 aliphatic carbocycles. The number of carbonyl (C=O) groups excluding carboxylic acids is 1. The smallest absolute Gasteiger partial charge is 0.231 e. The first-order valence-electron chi connectivity index (χ1n) is 7.04. The van der Waals surface area contributed by atoms with E-state index in [1.54, 1.807) is 6.08 Å². The number of hydrogen-bond acceptors (Lipinski definition) is 4. The van der Waals surface area contributed by atoms with E-state index >= 15 is 0 Å². The van der Waals surface area contributed by atoms with Crippen LogP contribution in [0.15, 0.2) is 66.1 Å². The third-order valence-corrected chi connectivity index (χ3v) is 4.57. The van der Waals surface area contributed by atoms with Gasteiger partial charge in [0.15, 0.2) is 17.3 Å². The van der Waals surface area contributed by atoms with Crippen molar-refractivity contribution in [3.63, 3.8) is 0 Å². The van der Waals surface area contributed by atoms with Crippen molar-refractivity contribution in [2.75, 3.05) is 6.79 Å². The fourth-order valence-corrected chi connectivity index (χ4v) is 3.39. The molecular formula is C18H16O3S. The van der Waals surface area contributed by atoms with Gasteiger partial charge in [-0.1, -0.05) is 36.4 Å². The van der Waals surface area contributed by atoms with E-state index < -0.39 is 0 Å². The molecule has 2 aromatic rings. The fraction of sp³-hybridized carbons (Fsp3) is 0.167. The van der Waals surface area contributed by atoms with Crippen LogP contribution in [0, 0.1) is 0 Å². The van der Waals surface area contributed by atoms with E-state index in [1.807, 2.05) is 48.5 Å². The molecule has 1 unspecified atom stereocenters. The number of ether oxygens (including phenoxy) is 2. The maximum absolute atomic E-state index is 12.6. The average molecular weight is 312 g/mol. The number of allylic oxidation sites excluding steroid dienone is 1. The van der Waals surface area contributed by atoms with Gasteiger partial charge in [0.25, 0.3) is 0 Å². The summed E-state index contributed by atoms with van der Waals surface area (Å²) < 4.78 is 10.7. The molecule has 0 radical (unpaired) electrons. The van der Waals surface area contributed by atoms with Gasteiger partial charge >= 0.3 is 0 Å². The van der Waals surface area contributed by atoms with Gasteiger partial charge in [-0.15, -0.1) is 18.3 Å². The van der Waals surface area contributed by atoms with Crippen molar-refractivity contribution in [2.45, 2.75) is 16.6 Å². The zero-order valence-electron chi connectivity index (χ0n) is 12.0. The Kier molecular flexibility index (Phi) is 4.49. The van der Waals surface area contributed by atoms with Gasteiger partial charge in [0.1, 0.15) is 0 Å². The van der Waals surface area contributed by atoms with Crippen molar-refractivity contribution in [3.05, 3.63) is 66.7 Å². The summed E-state index contributed by atoms with van der Waals surface area (Å²) in [4.78, 5) is 13.6. The summed E-state index contributed by atoms with van der Waals surface area (Å²) >= 11 is 1.53. The molecule has 0 saturated carbocycles. The van der Waals surface area contributed by atoms with Gasteiger partial charge in [-0.25, -0.2) is 0 Å². The third-order valence-electron chi connectivity index (χ3n) is 3.35. The van der Waals surface area contributed by atoms with E-state index in [9.17, 15) is 4.79 Å². The van der Waals surface area contributed by atoms with Gasteiger partial charge in [-0.2, -0.15) is 0 Å². The molecule has 1 heterocycles. The Balaban J connectivity index is 1.79. The molecule has 0 saturated heterocycles. The van der Waals surface area contributed by atoms with Crippen molar-refractivity contribution in [1.82, 2.24) is 0 Å². The molecule has 0 spiro atoms. The second-order valence-corrected chi connectivity index (χ2v) is 6.15. The molecule has 0 bridgehead atoms. The molecule has 3 rings (SSSR count). The molecule has 22 heavy (non-hydrogen) atoms. The van der Waals surface area contributed by atoms with E-state index in [0.29, 0.717) is 6.42 Å². The van der Waals surface area contributed by atoms with Crippen LogP contribution in [-0.4, -0.2) is 17.8 Å². The van der Waals surface area contributed by atoms with Crippen molar-refractivity contribution < 1.29 is 14.3 Å². The lowest BCUT2D eigenvalue weighted by atomic mass is 10.1. The van der Waals surface area contributed by atoms with Gasteiger partial charge in [0.2, 0.25) is 6.79 Å². The minimum absolute atomic E-state index is 0.114. The van der Waals surface area contributed by atoms with Crippen molar-refractivity contribution >= 4 is 17.5 Å². The molecule has 112 valence electrons. The van der Waals surface area contributed by atoms with Crippen LogP contribution in [0.3, 0.4) is 0 Å². The molecule has 1 atom stereocenters. The fourth-order valence-electron chi connectivity index (χ4n) is 2.26. The quantitative estimate of drug-likeness (QED) is 0.452. The number of fused-ring (bicyclic) bond motifs is 1. The highest BCUT2D eigenvalue weighted by Crippen LogP contribution is 2.37. The number of ketones is 1. The van der Waals surface area contributed by atoms with Crippen LogP contribution in [0.1, 0.15) is 16.8 Å². The molecule has 0 N–H and O–H groups in total. The van der Waals surface area contributed by atoms with E-state index in [-0.39, 0.29) is 17.8 Å². The van der Waals surface area contributed by atoms with Gasteiger partial charge in [-0.3, -0.25) is 4.79 Å². The lowest BCUT2D eigenvalue weighted by molar-refractivity contribution is 0.0990. The van der Waals surface area contributed by atoms with Gasteiger partial charge in [0.05, 0.1) is 5.25 Å². The van der Waals surface area contributed by atoms with Crippen LogP contribution in [0.25, 0.3) is 0 Å². The molecule has 4 heteroatoms. The molecular weight excluding hydrogens is 296 g/mol. The minimum atomic E-state index is -0.194. The number of carbonyl (C=O) groups is 1. The Bertz CT molecular complexity index is 682. The highest BCUT2D eigenvalue weighted by Gasteiger charge is 2.21. The molecule has 0 aromatic heterocycles. The molecule has 2 aromatic carbocycles. The third kappa shape index (κ3) is 3.17. The van der Waals surface area contributed by atoms with Crippen LogP contribution in [-0.2, 0) is 0 Å². The monoisotopic (exact) mass is 312 g/mol. The highest BCUT2D eigenvalue weighted by molar-refractivity contribution is 8.00. The van der Waals surface area contributed by atoms with Crippen molar-refractivity contribution in [3.8, 4) is 11.5 Å². The Hall–Kier alpha value is -2.20. The van der Waals surface area contributed by atoms with E-state index in [0.717, 1.165) is 22.0 Å². The van der Waals surface area contributed by atoms with Gasteiger partial charge in [0, 0.05) is 10.5 Å². The number of benzene rings is 2. The van der Waals surface area contributed by atoms with E-state index in [2.05, 4.69) is 6.58 Å². The largest absolute Gasteiger partial charge is 0.454 e. The summed E-state index contributed by atoms with van der Waals surface area (Å²) in [5, 5.41) is -0.194. The lowest BCUT2D eigenvalue weighted by Gasteiger charge is -2.14. The number of thioether (sulfide) groups is 1. The second kappa shape index (κ2) is 6.71. The van der Waals surface area contributed by atoms with E-state index in [1.165, 1.54) is 11.8 Å². The summed E-state index contributed by atoms with van der Waals surface area (Å²) in [6.07, 6.45) is 2.40. The predicted octanol–water partition coefficient (Wildman–Crippen LogP) is 4.34. The van der Waals surface area contributed by atoms with Gasteiger partial charge < -0.3 is 9.47 Å². The maximum atomic E-state index is 12.6. The number of rotatable bonds is 6. The topological polar surface area (TPSA) is 35.5 Å². The minimum Gasteiger partial charge on any atom is -0.454 e. The first-order chi connectivity index (χ1) is 10.8. The highest BCUT2D eigenvalue weighted by atomic mass is 32.2. The van der Waals surface area contributed by atoms with Crippen LogP contribution < -0.4 is 9.47 Å². The Morgan fingerprint density at radius 3 is 2.73 bits per heavy atom. The molecule has 0 fully saturated rings. The second-order valence-electron chi connectivity index (χ2n) is 4.88. The predicted molar refractivity (Wildman–Crippen MR) is 87.8 cm³/mol. The van der Waals surface area contributed by atoms with Crippen molar-refractivity contribution in [1.29, 1.82) is 0 Å². The standard InChI is InChI=1S/C18H16O3S/c1-2-6-17(18(19)13-7-4-3-5-8-13)22-14-9-10-15-16(11-14)21-12-20-15/h2-5,7-11,17H,1,6,12H2. The molecule has 3 nitrogen and oxygen atoms in total. The Morgan fingerprint density at radius 2 is 1.95 bits per heavy atom. The Morgan fingerprint density at radius 1 is 1.18 bits per heavy atom. The summed E-state index contributed by atoms with van der Waals surface area (Å²) in [7, 11) is 0. The van der Waals surface area contributed by atoms with Crippen LogP contribution in [0.2, 0.25) is 0 Å². The summed E-state index contributed by atoms with van der Waals surface area (Å²) in [6, 6.07) is 15.1. The zero-order chi connectivity index (χ0) is 15.4. The number of hydrogen-bond donors (Lipinski definition) is 0. The summed E-state index contributed by atoms with van der Waals surface area (Å²) in [5.74, 6) is 1.59. The Labute approximate surface area is 133 Å². The number of Topliss-reactive ketones (excluding diaryl/α,β-unsaturated/α-hetero) is 1. The average Bonchev–Trinajstić information content (AvgIpc) is 3.02. The van der Waals surface area contributed by atoms with Crippen LogP contribution in [0.5, 0.6) is 11.5 Å². The zero-order valence-corrected chi connectivity index (χ0v) is 12.8. The van der Waals surface area contributed by atoms with Crippen LogP contribution in [0.4, 0.5) is 0 Å². The first-order valence-corrected chi connectivity index (χ1v) is 7.92. The SMILES string of the molecule is C=CCC(Sc1ccc2c(c1)OCO2)C(=O)c1ccccc1. The van der Waals surface area contributed by atoms with Crippen LogP contribution >= 0.6 is 11.8 Å². The maximum Gasteiger partial charge on any atom is 0.231 e. The normalized spacial score (nSPS) is 13.6. The summed E-state index contributed by atoms with van der Waals surface area (Å²) in [6.45, 7) is 4.02. The van der Waals surface area contributed by atoms with E-state index in [4.69, 9.17) is 9.47 Å². The molecule has 0 amide bonds.